The van der Waals surface area contributed by atoms with Gasteiger partial charge in [-0.05, 0) is 31.5 Å². The molecular formula is C18H16N4O3. The number of anilines is 1. The summed E-state index contributed by atoms with van der Waals surface area (Å²) in [6.45, 7) is 3.58. The van der Waals surface area contributed by atoms with Gasteiger partial charge in [0.25, 0.3) is 11.6 Å². The van der Waals surface area contributed by atoms with E-state index >= 15 is 0 Å². The highest BCUT2D eigenvalue weighted by Gasteiger charge is 2.17. The first kappa shape index (κ1) is 16.4. The molecule has 0 saturated heterocycles. The monoisotopic (exact) mass is 336 g/mol. The van der Waals surface area contributed by atoms with Crippen molar-refractivity contribution in [1.29, 1.82) is 0 Å². The lowest BCUT2D eigenvalue weighted by atomic mass is 10.1. The third-order valence-electron chi connectivity index (χ3n) is 3.94. The number of nitrogens with one attached hydrogen (secondary N) is 1. The van der Waals surface area contributed by atoms with Crippen LogP contribution in [0.2, 0.25) is 0 Å². The van der Waals surface area contributed by atoms with Crippen LogP contribution in [0.15, 0.2) is 54.7 Å². The van der Waals surface area contributed by atoms with E-state index in [1.807, 2.05) is 37.3 Å². The molecule has 0 saturated carbocycles. The second kappa shape index (κ2) is 6.56. The molecule has 126 valence electrons. The standard InChI is InChI=1S/C18H16N4O3/c1-12-8-9-15(22(24)25)10-16(12)18(23)20-17-11-19-21(13(17)2)14-6-4-3-5-7-14/h3-11H,1-2H3,(H,20,23). The second-order valence-corrected chi connectivity index (χ2v) is 5.60. The molecule has 1 amide bonds. The summed E-state index contributed by atoms with van der Waals surface area (Å²) in [5, 5.41) is 18.0. The van der Waals surface area contributed by atoms with Crippen molar-refractivity contribution < 1.29 is 9.72 Å². The fraction of sp³-hybridized carbons (Fsp3) is 0.111. The molecule has 0 bridgehead atoms. The molecule has 3 aromatic rings. The van der Waals surface area contributed by atoms with Crippen molar-refractivity contribution >= 4 is 17.3 Å². The van der Waals surface area contributed by atoms with Crippen molar-refractivity contribution in [2.45, 2.75) is 13.8 Å². The van der Waals surface area contributed by atoms with Gasteiger partial charge in [-0.2, -0.15) is 5.10 Å². The van der Waals surface area contributed by atoms with E-state index in [1.54, 1.807) is 23.9 Å². The van der Waals surface area contributed by atoms with Crippen LogP contribution in [0.4, 0.5) is 11.4 Å². The first-order valence-corrected chi connectivity index (χ1v) is 7.64. The minimum Gasteiger partial charge on any atom is -0.319 e. The lowest BCUT2D eigenvalue weighted by molar-refractivity contribution is -0.384. The average Bonchev–Trinajstić information content (AvgIpc) is 2.96. The second-order valence-electron chi connectivity index (χ2n) is 5.60. The molecular weight excluding hydrogens is 320 g/mol. The predicted molar refractivity (Wildman–Crippen MR) is 94.1 cm³/mol. The van der Waals surface area contributed by atoms with Gasteiger partial charge in [0.15, 0.2) is 0 Å². The largest absolute Gasteiger partial charge is 0.319 e. The molecule has 0 atom stereocenters. The number of rotatable bonds is 4. The van der Waals surface area contributed by atoms with E-state index in [2.05, 4.69) is 10.4 Å². The number of hydrogen-bond acceptors (Lipinski definition) is 4. The van der Waals surface area contributed by atoms with Crippen molar-refractivity contribution in [2.75, 3.05) is 5.32 Å². The van der Waals surface area contributed by atoms with Crippen molar-refractivity contribution in [3.63, 3.8) is 0 Å². The molecule has 7 nitrogen and oxygen atoms in total. The van der Waals surface area contributed by atoms with Crippen LogP contribution >= 0.6 is 0 Å². The molecule has 0 spiro atoms. The van der Waals surface area contributed by atoms with Gasteiger partial charge in [0, 0.05) is 17.7 Å². The van der Waals surface area contributed by atoms with Gasteiger partial charge in [0.2, 0.25) is 0 Å². The highest BCUT2D eigenvalue weighted by molar-refractivity contribution is 6.05. The van der Waals surface area contributed by atoms with E-state index in [9.17, 15) is 14.9 Å². The van der Waals surface area contributed by atoms with Crippen LogP contribution in [-0.4, -0.2) is 20.6 Å². The molecule has 0 aliphatic rings. The summed E-state index contributed by atoms with van der Waals surface area (Å²) in [7, 11) is 0. The number of nitrogens with zero attached hydrogens (tertiary/aromatic N) is 3. The Bertz CT molecular complexity index is 948. The van der Waals surface area contributed by atoms with Gasteiger partial charge in [-0.3, -0.25) is 14.9 Å². The van der Waals surface area contributed by atoms with Crippen molar-refractivity contribution in [2.24, 2.45) is 0 Å². The smallest absolute Gasteiger partial charge is 0.270 e. The first-order valence-electron chi connectivity index (χ1n) is 7.64. The van der Waals surface area contributed by atoms with Crippen LogP contribution in [0.1, 0.15) is 21.6 Å². The number of para-hydroxylation sites is 1. The molecule has 25 heavy (non-hydrogen) atoms. The fourth-order valence-corrected chi connectivity index (χ4v) is 2.52. The zero-order valence-corrected chi connectivity index (χ0v) is 13.8. The maximum absolute atomic E-state index is 12.5. The normalized spacial score (nSPS) is 10.5. The van der Waals surface area contributed by atoms with E-state index in [4.69, 9.17) is 0 Å². The van der Waals surface area contributed by atoms with Crippen LogP contribution in [0.5, 0.6) is 0 Å². The summed E-state index contributed by atoms with van der Waals surface area (Å²) in [6, 6.07) is 13.8. The van der Waals surface area contributed by atoms with Crippen molar-refractivity contribution in [3.8, 4) is 5.69 Å². The SMILES string of the molecule is Cc1ccc([N+](=O)[O-])cc1C(=O)Nc1cnn(-c2ccccc2)c1C. The third-order valence-corrected chi connectivity index (χ3v) is 3.94. The van der Waals surface area contributed by atoms with Gasteiger partial charge in [0.1, 0.15) is 0 Å². The molecule has 1 aromatic heterocycles. The van der Waals surface area contributed by atoms with E-state index in [0.29, 0.717) is 11.3 Å². The zero-order chi connectivity index (χ0) is 18.0. The van der Waals surface area contributed by atoms with Crippen LogP contribution in [0.3, 0.4) is 0 Å². The number of aryl methyl sites for hydroxylation is 1. The Balaban J connectivity index is 1.89. The molecule has 7 heteroatoms. The Kier molecular flexibility index (Phi) is 4.30. The van der Waals surface area contributed by atoms with Crippen molar-refractivity contribution in [3.05, 3.63) is 81.7 Å². The number of hydrogen-bond donors (Lipinski definition) is 1. The summed E-state index contributed by atoms with van der Waals surface area (Å²) < 4.78 is 1.72. The number of nitro benzene ring substituents is 1. The zero-order valence-electron chi connectivity index (χ0n) is 13.8. The molecule has 0 unspecified atom stereocenters. The van der Waals surface area contributed by atoms with E-state index in [0.717, 1.165) is 11.4 Å². The Morgan fingerprint density at radius 1 is 1.16 bits per heavy atom. The van der Waals surface area contributed by atoms with Gasteiger partial charge in [-0.1, -0.05) is 24.3 Å². The van der Waals surface area contributed by atoms with Crippen LogP contribution in [0.25, 0.3) is 5.69 Å². The van der Waals surface area contributed by atoms with E-state index < -0.39 is 10.8 Å². The maximum Gasteiger partial charge on any atom is 0.270 e. The lowest BCUT2D eigenvalue weighted by Gasteiger charge is -2.08. The van der Waals surface area contributed by atoms with Gasteiger partial charge >= 0.3 is 0 Å². The quantitative estimate of drug-likeness (QED) is 0.581. The summed E-state index contributed by atoms with van der Waals surface area (Å²) in [5.41, 5.74) is 3.01. The number of carbonyl (C=O) groups is 1. The predicted octanol–water partition coefficient (Wildman–Crippen LogP) is 3.65. The Morgan fingerprint density at radius 2 is 1.88 bits per heavy atom. The number of amides is 1. The molecule has 0 fully saturated rings. The molecule has 1 N–H and O–H groups in total. The van der Waals surface area contributed by atoms with Crippen LogP contribution in [-0.2, 0) is 0 Å². The van der Waals surface area contributed by atoms with Crippen molar-refractivity contribution in [1.82, 2.24) is 9.78 Å². The van der Waals surface area contributed by atoms with Gasteiger partial charge < -0.3 is 5.32 Å². The highest BCUT2D eigenvalue weighted by Crippen LogP contribution is 2.22. The first-order chi connectivity index (χ1) is 12.0. The topological polar surface area (TPSA) is 90.1 Å². The van der Waals surface area contributed by atoms with Gasteiger partial charge in [0.05, 0.1) is 28.2 Å². The lowest BCUT2D eigenvalue weighted by Crippen LogP contribution is -2.14. The minimum atomic E-state index is -0.519. The number of nitro groups is 1. The molecule has 0 radical (unpaired) electrons. The molecule has 2 aromatic carbocycles. The summed E-state index contributed by atoms with van der Waals surface area (Å²) in [5.74, 6) is -0.406. The minimum absolute atomic E-state index is 0.118. The van der Waals surface area contributed by atoms with Gasteiger partial charge in [-0.25, -0.2) is 4.68 Å². The third kappa shape index (κ3) is 3.25. The molecule has 1 heterocycles. The average molecular weight is 336 g/mol. The Morgan fingerprint density at radius 3 is 2.56 bits per heavy atom. The fourth-order valence-electron chi connectivity index (χ4n) is 2.52. The summed E-state index contributed by atoms with van der Waals surface area (Å²) >= 11 is 0. The maximum atomic E-state index is 12.5. The summed E-state index contributed by atoms with van der Waals surface area (Å²) in [4.78, 5) is 22.9. The van der Waals surface area contributed by atoms with Crippen LogP contribution in [0, 0.1) is 24.0 Å². The van der Waals surface area contributed by atoms with E-state index in [1.165, 1.54) is 12.1 Å². The Labute approximate surface area is 144 Å². The molecule has 0 aliphatic carbocycles. The highest BCUT2D eigenvalue weighted by atomic mass is 16.6. The number of aromatic nitrogens is 2. The van der Waals surface area contributed by atoms with Gasteiger partial charge in [-0.15, -0.1) is 0 Å². The molecule has 3 rings (SSSR count). The molecule has 0 aliphatic heterocycles. The number of carbonyl (C=O) groups excluding carboxylic acids is 1. The summed E-state index contributed by atoms with van der Waals surface area (Å²) in [6.07, 6.45) is 1.56. The number of benzene rings is 2. The number of non-ortho nitro benzene ring substituents is 1. The van der Waals surface area contributed by atoms with E-state index in [-0.39, 0.29) is 11.3 Å². The Hall–Kier alpha value is -3.48. The van der Waals surface area contributed by atoms with Crippen LogP contribution < -0.4 is 5.32 Å².